The minimum absolute atomic E-state index is 0.0213. The molecule has 2 aromatic carbocycles. The first kappa shape index (κ1) is 14.0. The second-order valence-electron chi connectivity index (χ2n) is 6.08. The van der Waals surface area contributed by atoms with E-state index in [0.717, 1.165) is 24.1 Å². The Labute approximate surface area is 135 Å². The van der Waals surface area contributed by atoms with Gasteiger partial charge in [0.1, 0.15) is 6.04 Å². The Balaban J connectivity index is 1.81. The van der Waals surface area contributed by atoms with Crippen LogP contribution in [0.5, 0.6) is 0 Å². The van der Waals surface area contributed by atoms with E-state index in [1.165, 1.54) is 0 Å². The monoisotopic (exact) mass is 306 g/mol. The summed E-state index contributed by atoms with van der Waals surface area (Å²) in [6, 6.07) is 17.0. The van der Waals surface area contributed by atoms with Crippen molar-refractivity contribution in [2.24, 2.45) is 0 Å². The highest BCUT2D eigenvalue weighted by Crippen LogP contribution is 2.33. The molecule has 2 amide bonds. The first-order chi connectivity index (χ1) is 11.3. The number of para-hydroxylation sites is 1. The van der Waals surface area contributed by atoms with Crippen LogP contribution in [0.4, 0.5) is 5.69 Å². The van der Waals surface area contributed by atoms with Gasteiger partial charge in [-0.25, -0.2) is 0 Å². The number of benzene rings is 2. The van der Waals surface area contributed by atoms with Crippen molar-refractivity contribution >= 4 is 17.5 Å². The van der Waals surface area contributed by atoms with Crippen molar-refractivity contribution in [1.82, 2.24) is 4.90 Å². The second kappa shape index (κ2) is 5.54. The molecule has 0 unspecified atom stereocenters. The summed E-state index contributed by atoms with van der Waals surface area (Å²) in [6.07, 6.45) is 1.65. The Kier molecular flexibility index (Phi) is 3.37. The molecule has 2 aromatic rings. The molecular weight excluding hydrogens is 288 g/mol. The van der Waals surface area contributed by atoms with Crippen LogP contribution < -0.4 is 4.90 Å². The van der Waals surface area contributed by atoms with Gasteiger partial charge in [-0.1, -0.05) is 42.5 Å². The third-order valence-electron chi connectivity index (χ3n) is 4.67. The third-order valence-corrected chi connectivity index (χ3v) is 4.67. The molecule has 4 nitrogen and oxygen atoms in total. The highest BCUT2D eigenvalue weighted by Gasteiger charge is 2.41. The predicted octanol–water partition coefficient (Wildman–Crippen LogP) is 2.84. The van der Waals surface area contributed by atoms with Gasteiger partial charge in [-0.15, -0.1) is 0 Å². The molecule has 1 atom stereocenters. The van der Waals surface area contributed by atoms with Crippen LogP contribution in [0.1, 0.15) is 28.8 Å². The van der Waals surface area contributed by atoms with E-state index >= 15 is 0 Å². The topological polar surface area (TPSA) is 40.6 Å². The number of anilines is 1. The molecule has 0 bridgehead atoms. The highest BCUT2D eigenvalue weighted by atomic mass is 16.2. The van der Waals surface area contributed by atoms with Crippen LogP contribution in [0.15, 0.2) is 54.6 Å². The van der Waals surface area contributed by atoms with Crippen LogP contribution in [0.2, 0.25) is 0 Å². The molecule has 2 heterocycles. The third kappa shape index (κ3) is 2.31. The average Bonchev–Trinajstić information content (AvgIpc) is 3.06. The molecule has 116 valence electrons. The summed E-state index contributed by atoms with van der Waals surface area (Å²) in [6.45, 7) is 1.16. The van der Waals surface area contributed by atoms with Gasteiger partial charge in [0, 0.05) is 6.54 Å². The molecule has 23 heavy (non-hydrogen) atoms. The van der Waals surface area contributed by atoms with Crippen molar-refractivity contribution in [3.05, 3.63) is 65.7 Å². The van der Waals surface area contributed by atoms with Crippen molar-refractivity contribution in [1.29, 1.82) is 0 Å². The number of carbonyl (C=O) groups is 2. The molecule has 4 heteroatoms. The van der Waals surface area contributed by atoms with E-state index in [1.54, 1.807) is 9.80 Å². The lowest BCUT2D eigenvalue weighted by molar-refractivity contribution is -0.122. The largest absolute Gasteiger partial charge is 0.327 e. The Morgan fingerprint density at radius 2 is 1.70 bits per heavy atom. The van der Waals surface area contributed by atoms with E-state index in [1.807, 2.05) is 54.6 Å². The van der Waals surface area contributed by atoms with E-state index in [2.05, 4.69) is 0 Å². The zero-order chi connectivity index (χ0) is 15.8. The van der Waals surface area contributed by atoms with Crippen molar-refractivity contribution < 1.29 is 9.59 Å². The summed E-state index contributed by atoms with van der Waals surface area (Å²) in [4.78, 5) is 29.4. The fourth-order valence-corrected chi connectivity index (χ4v) is 3.54. The van der Waals surface area contributed by atoms with Crippen LogP contribution in [0.3, 0.4) is 0 Å². The molecule has 2 aliphatic heterocycles. The Morgan fingerprint density at radius 1 is 0.957 bits per heavy atom. The van der Waals surface area contributed by atoms with Crippen LogP contribution in [0.25, 0.3) is 0 Å². The molecule has 0 saturated carbocycles. The molecule has 4 rings (SSSR count). The second-order valence-corrected chi connectivity index (χ2v) is 6.08. The number of amides is 2. The van der Waals surface area contributed by atoms with E-state index in [4.69, 9.17) is 0 Å². The minimum Gasteiger partial charge on any atom is -0.327 e. The molecule has 2 aliphatic rings. The molecule has 0 aliphatic carbocycles. The van der Waals surface area contributed by atoms with E-state index in [0.29, 0.717) is 18.7 Å². The SMILES string of the molecule is O=C1[C@H]2CCCN2C(=O)c2ccccc2N1Cc1ccccc1. The predicted molar refractivity (Wildman–Crippen MR) is 88.1 cm³/mol. The van der Waals surface area contributed by atoms with Gasteiger partial charge in [-0.3, -0.25) is 9.59 Å². The number of hydrogen-bond donors (Lipinski definition) is 0. The summed E-state index contributed by atoms with van der Waals surface area (Å²) in [5, 5.41) is 0. The average molecular weight is 306 g/mol. The van der Waals surface area contributed by atoms with Crippen molar-refractivity contribution in [3.63, 3.8) is 0 Å². The summed E-state index contributed by atoms with van der Waals surface area (Å²) in [5.41, 5.74) is 2.41. The van der Waals surface area contributed by atoms with Gasteiger partial charge in [-0.2, -0.15) is 0 Å². The van der Waals surface area contributed by atoms with Crippen LogP contribution >= 0.6 is 0 Å². The van der Waals surface area contributed by atoms with Crippen molar-refractivity contribution in [2.75, 3.05) is 11.4 Å². The Hall–Kier alpha value is -2.62. The van der Waals surface area contributed by atoms with Crippen molar-refractivity contribution in [2.45, 2.75) is 25.4 Å². The maximum atomic E-state index is 13.1. The number of fused-ring (bicyclic) bond motifs is 2. The van der Waals surface area contributed by atoms with Crippen LogP contribution in [0, 0.1) is 0 Å². The lowest BCUT2D eigenvalue weighted by atomic mass is 10.1. The molecule has 0 aromatic heterocycles. The molecule has 0 radical (unpaired) electrons. The van der Waals surface area contributed by atoms with Crippen LogP contribution in [-0.4, -0.2) is 29.3 Å². The number of hydrogen-bond acceptors (Lipinski definition) is 2. The Bertz CT molecular complexity index is 757. The Morgan fingerprint density at radius 3 is 2.52 bits per heavy atom. The quantitative estimate of drug-likeness (QED) is 0.856. The van der Waals surface area contributed by atoms with Gasteiger partial charge in [0.05, 0.1) is 17.8 Å². The van der Waals surface area contributed by atoms with Gasteiger partial charge >= 0.3 is 0 Å². The standard InChI is InChI=1S/C19H18N2O2/c22-18-15-9-4-5-10-16(15)21(13-14-7-2-1-3-8-14)19(23)17-11-6-12-20(17)18/h1-5,7-10,17H,6,11-13H2/t17-/m1/s1. The van der Waals surface area contributed by atoms with Gasteiger partial charge in [0.25, 0.3) is 5.91 Å². The zero-order valence-corrected chi connectivity index (χ0v) is 12.8. The molecule has 1 saturated heterocycles. The molecule has 0 N–H and O–H groups in total. The van der Waals surface area contributed by atoms with Crippen molar-refractivity contribution in [3.8, 4) is 0 Å². The normalized spacial score (nSPS) is 20.3. The lowest BCUT2D eigenvalue weighted by Crippen LogP contribution is -2.44. The van der Waals surface area contributed by atoms with E-state index < -0.39 is 0 Å². The van der Waals surface area contributed by atoms with Gasteiger partial charge < -0.3 is 9.80 Å². The summed E-state index contributed by atoms with van der Waals surface area (Å²) in [5.74, 6) is 0.0108. The van der Waals surface area contributed by atoms with E-state index in [-0.39, 0.29) is 17.9 Å². The number of rotatable bonds is 2. The number of carbonyl (C=O) groups excluding carboxylic acids is 2. The fraction of sp³-hybridized carbons (Fsp3) is 0.263. The summed E-state index contributed by atoms with van der Waals surface area (Å²) < 4.78 is 0. The maximum Gasteiger partial charge on any atom is 0.256 e. The van der Waals surface area contributed by atoms with Crippen LogP contribution in [-0.2, 0) is 11.3 Å². The molecular formula is C19H18N2O2. The zero-order valence-electron chi connectivity index (χ0n) is 12.8. The van der Waals surface area contributed by atoms with Gasteiger partial charge in [0.15, 0.2) is 0 Å². The first-order valence-corrected chi connectivity index (χ1v) is 8.01. The van der Waals surface area contributed by atoms with Gasteiger partial charge in [-0.05, 0) is 30.5 Å². The summed E-state index contributed by atoms with van der Waals surface area (Å²) in [7, 11) is 0. The van der Waals surface area contributed by atoms with E-state index in [9.17, 15) is 9.59 Å². The highest BCUT2D eigenvalue weighted by molar-refractivity contribution is 6.11. The summed E-state index contributed by atoms with van der Waals surface area (Å²) >= 11 is 0. The number of nitrogens with zero attached hydrogens (tertiary/aromatic N) is 2. The van der Waals surface area contributed by atoms with Gasteiger partial charge in [0.2, 0.25) is 5.91 Å². The molecule has 1 fully saturated rings. The fourth-order valence-electron chi connectivity index (χ4n) is 3.54. The maximum absolute atomic E-state index is 13.1. The lowest BCUT2D eigenvalue weighted by Gasteiger charge is -2.26. The smallest absolute Gasteiger partial charge is 0.256 e. The molecule has 0 spiro atoms. The minimum atomic E-state index is -0.321. The first-order valence-electron chi connectivity index (χ1n) is 8.01.